The van der Waals surface area contributed by atoms with Crippen molar-refractivity contribution in [3.63, 3.8) is 0 Å². The highest BCUT2D eigenvalue weighted by Gasteiger charge is 2.16. The molecule has 3 aromatic rings. The van der Waals surface area contributed by atoms with Crippen LogP contribution in [0.5, 0.6) is 0 Å². The van der Waals surface area contributed by atoms with Crippen molar-refractivity contribution >= 4 is 5.82 Å². The van der Waals surface area contributed by atoms with Crippen molar-refractivity contribution in [1.82, 2.24) is 19.7 Å². The fourth-order valence-electron chi connectivity index (χ4n) is 3.14. The summed E-state index contributed by atoms with van der Waals surface area (Å²) in [5, 5.41) is 14.0. The molecule has 27 heavy (non-hydrogen) atoms. The van der Waals surface area contributed by atoms with E-state index < -0.39 is 0 Å². The number of anilines is 1. The number of rotatable bonds is 4. The number of nitriles is 1. The molecule has 138 valence electrons. The lowest BCUT2D eigenvalue weighted by Gasteiger charge is -2.20. The molecule has 0 saturated carbocycles. The van der Waals surface area contributed by atoms with E-state index in [1.54, 1.807) is 4.68 Å². The van der Waals surface area contributed by atoms with Crippen LogP contribution in [0.2, 0.25) is 0 Å². The van der Waals surface area contributed by atoms with Crippen LogP contribution in [0.4, 0.5) is 5.82 Å². The SMILES string of the molecule is Cc1nn(C)cc1-c1cc(-c2ccc([C@@H](C)N(C)C)cc2)c(C#N)c(N)n1. The number of aromatic nitrogens is 3. The van der Waals surface area contributed by atoms with Crippen LogP contribution >= 0.6 is 0 Å². The molecule has 2 heterocycles. The minimum absolute atomic E-state index is 0.235. The number of nitrogens with two attached hydrogens (primary N) is 1. The van der Waals surface area contributed by atoms with Crippen LogP contribution in [-0.2, 0) is 7.05 Å². The standard InChI is InChI=1S/C21H24N6/c1-13-19(12-27(5)25-13)20-10-17(18(11-22)21(23)24-20)16-8-6-15(7-9-16)14(2)26(3)4/h6-10,12,14H,1-5H3,(H2,23,24)/t14-/m1/s1. The zero-order chi connectivity index (χ0) is 19.7. The van der Waals surface area contributed by atoms with E-state index in [0.29, 0.717) is 11.6 Å². The first-order chi connectivity index (χ1) is 12.8. The van der Waals surface area contributed by atoms with Gasteiger partial charge in [-0.25, -0.2) is 4.98 Å². The van der Waals surface area contributed by atoms with Gasteiger partial charge in [0.2, 0.25) is 0 Å². The quantitative estimate of drug-likeness (QED) is 0.769. The second-order valence-corrected chi connectivity index (χ2v) is 6.99. The van der Waals surface area contributed by atoms with Crippen LogP contribution in [0.25, 0.3) is 22.4 Å². The third-order valence-electron chi connectivity index (χ3n) is 4.93. The molecular weight excluding hydrogens is 336 g/mol. The molecule has 0 spiro atoms. The maximum absolute atomic E-state index is 9.60. The molecule has 6 nitrogen and oxygen atoms in total. The van der Waals surface area contributed by atoms with E-state index in [9.17, 15) is 5.26 Å². The molecule has 1 atom stereocenters. The number of hydrogen-bond donors (Lipinski definition) is 1. The van der Waals surface area contributed by atoms with Crippen LogP contribution in [0, 0.1) is 18.3 Å². The van der Waals surface area contributed by atoms with Crippen LogP contribution in [0.1, 0.15) is 29.8 Å². The lowest BCUT2D eigenvalue weighted by atomic mass is 9.96. The highest BCUT2D eigenvalue weighted by Crippen LogP contribution is 2.32. The molecule has 1 aromatic carbocycles. The minimum Gasteiger partial charge on any atom is -0.383 e. The molecule has 0 unspecified atom stereocenters. The van der Waals surface area contributed by atoms with Gasteiger partial charge in [-0.15, -0.1) is 0 Å². The lowest BCUT2D eigenvalue weighted by Crippen LogP contribution is -2.16. The molecule has 2 N–H and O–H groups in total. The van der Waals surface area contributed by atoms with E-state index in [1.165, 1.54) is 5.56 Å². The van der Waals surface area contributed by atoms with Gasteiger partial charge >= 0.3 is 0 Å². The summed E-state index contributed by atoms with van der Waals surface area (Å²) in [6, 6.07) is 12.7. The number of nitrogen functional groups attached to an aromatic ring is 1. The molecule has 0 saturated heterocycles. The third kappa shape index (κ3) is 3.55. The fraction of sp³-hybridized carbons (Fsp3) is 0.286. The summed E-state index contributed by atoms with van der Waals surface area (Å²) < 4.78 is 1.75. The Morgan fingerprint density at radius 1 is 1.19 bits per heavy atom. The highest BCUT2D eigenvalue weighted by molar-refractivity contribution is 5.80. The average molecular weight is 360 g/mol. The Hall–Kier alpha value is -3.17. The highest BCUT2D eigenvalue weighted by atomic mass is 15.2. The van der Waals surface area contributed by atoms with Crippen molar-refractivity contribution in [2.45, 2.75) is 19.9 Å². The number of benzene rings is 1. The van der Waals surface area contributed by atoms with E-state index in [2.05, 4.69) is 54.2 Å². The van der Waals surface area contributed by atoms with Crippen molar-refractivity contribution in [3.05, 3.63) is 53.3 Å². The van der Waals surface area contributed by atoms with Crippen LogP contribution in [0.15, 0.2) is 36.5 Å². The molecule has 0 aliphatic carbocycles. The van der Waals surface area contributed by atoms with E-state index >= 15 is 0 Å². The zero-order valence-electron chi connectivity index (χ0n) is 16.4. The van der Waals surface area contributed by atoms with E-state index in [4.69, 9.17) is 5.73 Å². The summed E-state index contributed by atoms with van der Waals surface area (Å²) in [4.78, 5) is 6.59. The van der Waals surface area contributed by atoms with Gasteiger partial charge in [-0.1, -0.05) is 24.3 Å². The molecular formula is C21H24N6. The minimum atomic E-state index is 0.235. The summed E-state index contributed by atoms with van der Waals surface area (Å²) in [6.45, 7) is 4.09. The van der Waals surface area contributed by atoms with Crippen molar-refractivity contribution in [3.8, 4) is 28.5 Å². The van der Waals surface area contributed by atoms with Crippen LogP contribution < -0.4 is 5.73 Å². The summed E-state index contributed by atoms with van der Waals surface area (Å²) in [7, 11) is 5.98. The molecule has 0 radical (unpaired) electrons. The van der Waals surface area contributed by atoms with Crippen LogP contribution in [-0.4, -0.2) is 33.8 Å². The summed E-state index contributed by atoms with van der Waals surface area (Å²) in [5.74, 6) is 0.235. The lowest BCUT2D eigenvalue weighted by molar-refractivity contribution is 0.321. The topological polar surface area (TPSA) is 83.8 Å². The number of hydrogen-bond acceptors (Lipinski definition) is 5. The van der Waals surface area contributed by atoms with Gasteiger partial charge in [0, 0.05) is 30.4 Å². The maximum Gasteiger partial charge on any atom is 0.142 e. The second-order valence-electron chi connectivity index (χ2n) is 6.99. The van der Waals surface area contributed by atoms with Gasteiger partial charge in [-0.3, -0.25) is 4.68 Å². The predicted octanol–water partition coefficient (Wildman–Crippen LogP) is 3.53. The van der Waals surface area contributed by atoms with Crippen molar-refractivity contribution in [2.24, 2.45) is 7.05 Å². The molecule has 6 heteroatoms. The first-order valence-corrected chi connectivity index (χ1v) is 8.79. The molecule has 0 amide bonds. The molecule has 0 fully saturated rings. The van der Waals surface area contributed by atoms with E-state index in [0.717, 1.165) is 28.1 Å². The summed E-state index contributed by atoms with van der Waals surface area (Å²) in [6.07, 6.45) is 1.91. The predicted molar refractivity (Wildman–Crippen MR) is 108 cm³/mol. The summed E-state index contributed by atoms with van der Waals surface area (Å²) >= 11 is 0. The van der Waals surface area contributed by atoms with Gasteiger partial charge in [0.05, 0.1) is 11.4 Å². The monoisotopic (exact) mass is 360 g/mol. The van der Waals surface area contributed by atoms with E-state index in [1.807, 2.05) is 38.4 Å². The summed E-state index contributed by atoms with van der Waals surface area (Å²) in [5.41, 5.74) is 12.0. The second kappa shape index (κ2) is 7.22. The third-order valence-corrected chi connectivity index (χ3v) is 4.93. The zero-order valence-corrected chi connectivity index (χ0v) is 16.4. The Morgan fingerprint density at radius 3 is 2.37 bits per heavy atom. The van der Waals surface area contributed by atoms with Gasteiger partial charge in [0.15, 0.2) is 0 Å². The van der Waals surface area contributed by atoms with Gasteiger partial charge in [0.25, 0.3) is 0 Å². The van der Waals surface area contributed by atoms with Gasteiger partial charge < -0.3 is 10.6 Å². The Morgan fingerprint density at radius 2 is 1.85 bits per heavy atom. The van der Waals surface area contributed by atoms with E-state index in [-0.39, 0.29) is 5.82 Å². The molecule has 3 rings (SSSR count). The maximum atomic E-state index is 9.60. The van der Waals surface area contributed by atoms with Crippen molar-refractivity contribution in [2.75, 3.05) is 19.8 Å². The Balaban J connectivity index is 2.12. The number of nitrogens with zero attached hydrogens (tertiary/aromatic N) is 5. The first-order valence-electron chi connectivity index (χ1n) is 8.79. The van der Waals surface area contributed by atoms with Crippen molar-refractivity contribution < 1.29 is 0 Å². The molecule has 0 aliphatic rings. The van der Waals surface area contributed by atoms with Gasteiger partial charge in [-0.05, 0) is 45.1 Å². The van der Waals surface area contributed by atoms with Crippen LogP contribution in [0.3, 0.4) is 0 Å². The fourth-order valence-corrected chi connectivity index (χ4v) is 3.14. The normalized spacial score (nSPS) is 12.2. The number of pyridine rings is 1. The van der Waals surface area contributed by atoms with Gasteiger partial charge in [0.1, 0.15) is 17.5 Å². The molecule has 0 aliphatic heterocycles. The number of aryl methyl sites for hydroxylation is 2. The molecule has 0 bridgehead atoms. The average Bonchev–Trinajstić information content (AvgIpc) is 2.98. The Kier molecular flexibility index (Phi) is 4.98. The van der Waals surface area contributed by atoms with Gasteiger partial charge in [-0.2, -0.15) is 10.4 Å². The largest absolute Gasteiger partial charge is 0.383 e. The van der Waals surface area contributed by atoms with Crippen molar-refractivity contribution in [1.29, 1.82) is 5.26 Å². The smallest absolute Gasteiger partial charge is 0.142 e. The Labute approximate surface area is 159 Å². The first kappa shape index (κ1) is 18.6. The molecule has 2 aromatic heterocycles. The Bertz CT molecular complexity index is 1010.